The Morgan fingerprint density at radius 2 is 1.32 bits per heavy atom. The molecule has 25 heavy (non-hydrogen) atoms. The van der Waals surface area contributed by atoms with Crippen LogP contribution in [0.5, 0.6) is 0 Å². The van der Waals surface area contributed by atoms with Crippen molar-refractivity contribution in [2.75, 3.05) is 14.2 Å². The van der Waals surface area contributed by atoms with Crippen LogP contribution in [0, 0.1) is 0 Å². The number of allylic oxidation sites excluding steroid dienone is 2. The van der Waals surface area contributed by atoms with Crippen LogP contribution in [0.1, 0.15) is 17.5 Å². The number of methoxy groups -OCH3 is 2. The highest BCUT2D eigenvalue weighted by molar-refractivity contribution is 6.11. The molecule has 0 amide bonds. The summed E-state index contributed by atoms with van der Waals surface area (Å²) in [6.45, 7) is 0. The Kier molecular flexibility index (Phi) is 6.72. The topological polar surface area (TPSA) is 52.6 Å². The van der Waals surface area contributed by atoms with E-state index in [2.05, 4.69) is 0 Å². The molecule has 2 aromatic carbocycles. The molecule has 0 fully saturated rings. The number of esters is 2. The van der Waals surface area contributed by atoms with Gasteiger partial charge in [0.15, 0.2) is 0 Å². The second-order valence-corrected chi connectivity index (χ2v) is 5.21. The lowest BCUT2D eigenvalue weighted by Crippen LogP contribution is -2.01. The van der Waals surface area contributed by atoms with E-state index in [1.54, 1.807) is 6.08 Å². The van der Waals surface area contributed by atoms with Gasteiger partial charge in [-0.25, -0.2) is 4.79 Å². The Morgan fingerprint density at radius 3 is 1.80 bits per heavy atom. The van der Waals surface area contributed by atoms with Gasteiger partial charge in [0, 0.05) is 6.08 Å². The summed E-state index contributed by atoms with van der Waals surface area (Å²) in [7, 11) is 2.68. The lowest BCUT2D eigenvalue weighted by molar-refractivity contribution is -0.139. The largest absolute Gasteiger partial charge is 0.469 e. The zero-order valence-electron chi connectivity index (χ0n) is 14.3. The van der Waals surface area contributed by atoms with Crippen molar-refractivity contribution in [2.24, 2.45) is 0 Å². The number of hydrogen-bond acceptors (Lipinski definition) is 4. The normalized spacial score (nSPS) is 11.8. The van der Waals surface area contributed by atoms with Crippen LogP contribution in [-0.4, -0.2) is 26.2 Å². The van der Waals surface area contributed by atoms with Gasteiger partial charge in [0.1, 0.15) is 0 Å². The van der Waals surface area contributed by atoms with Crippen LogP contribution in [0.25, 0.3) is 11.1 Å². The maximum absolute atomic E-state index is 11.9. The summed E-state index contributed by atoms with van der Waals surface area (Å²) in [5.41, 5.74) is 3.20. The molecule has 0 spiro atoms. The highest BCUT2D eigenvalue weighted by Crippen LogP contribution is 2.31. The number of carbonyl (C=O) groups is 2. The molecule has 4 heteroatoms. The predicted molar refractivity (Wildman–Crippen MR) is 97.5 cm³/mol. The van der Waals surface area contributed by atoms with Gasteiger partial charge in [0.05, 0.1) is 20.6 Å². The van der Waals surface area contributed by atoms with Crippen LogP contribution >= 0.6 is 0 Å². The van der Waals surface area contributed by atoms with Crippen molar-refractivity contribution in [1.82, 2.24) is 0 Å². The van der Waals surface area contributed by atoms with Gasteiger partial charge in [-0.1, -0.05) is 66.7 Å². The molecular formula is C21H20O4. The highest BCUT2D eigenvalue weighted by atomic mass is 16.5. The van der Waals surface area contributed by atoms with Crippen LogP contribution < -0.4 is 0 Å². The first-order valence-electron chi connectivity index (χ1n) is 7.83. The molecule has 0 aliphatic rings. The quantitative estimate of drug-likeness (QED) is 0.456. The smallest absolute Gasteiger partial charge is 0.331 e. The lowest BCUT2D eigenvalue weighted by atomic mass is 9.91. The van der Waals surface area contributed by atoms with Crippen molar-refractivity contribution < 1.29 is 19.1 Å². The molecule has 0 atom stereocenters. The predicted octanol–water partition coefficient (Wildman–Crippen LogP) is 3.89. The molecule has 0 bridgehead atoms. The monoisotopic (exact) mass is 336 g/mol. The van der Waals surface area contributed by atoms with Crippen molar-refractivity contribution in [1.29, 1.82) is 0 Å². The Balaban J connectivity index is 2.59. The van der Waals surface area contributed by atoms with E-state index in [1.807, 2.05) is 60.7 Å². The standard InChI is InChI=1S/C21H20O4/c1-24-20(22)14-13-18(16-9-5-3-6-10-16)19(15-21(23)25-2)17-11-7-4-8-12-17/h3-13,15H,14H2,1-2H3/b18-13-,19-15-. The molecule has 128 valence electrons. The van der Waals surface area contributed by atoms with Crippen LogP contribution in [0.2, 0.25) is 0 Å². The van der Waals surface area contributed by atoms with Gasteiger partial charge in [-0.2, -0.15) is 0 Å². The summed E-state index contributed by atoms with van der Waals surface area (Å²) in [6, 6.07) is 19.1. The van der Waals surface area contributed by atoms with Crippen LogP contribution in [0.4, 0.5) is 0 Å². The van der Waals surface area contributed by atoms with Gasteiger partial charge in [0.25, 0.3) is 0 Å². The maximum Gasteiger partial charge on any atom is 0.331 e. The average Bonchev–Trinajstić information content (AvgIpc) is 2.68. The molecule has 0 saturated heterocycles. The van der Waals surface area contributed by atoms with E-state index in [0.29, 0.717) is 5.57 Å². The van der Waals surface area contributed by atoms with E-state index >= 15 is 0 Å². The zero-order chi connectivity index (χ0) is 18.1. The van der Waals surface area contributed by atoms with E-state index in [-0.39, 0.29) is 12.4 Å². The first kappa shape index (κ1) is 18.2. The molecular weight excluding hydrogens is 316 g/mol. The average molecular weight is 336 g/mol. The van der Waals surface area contributed by atoms with Crippen LogP contribution in [0.3, 0.4) is 0 Å². The van der Waals surface area contributed by atoms with E-state index in [1.165, 1.54) is 20.3 Å². The second-order valence-electron chi connectivity index (χ2n) is 5.21. The molecule has 4 nitrogen and oxygen atoms in total. The van der Waals surface area contributed by atoms with Crippen molar-refractivity contribution >= 4 is 23.1 Å². The minimum absolute atomic E-state index is 0.103. The Bertz CT molecular complexity index is 774. The molecule has 0 heterocycles. The molecule has 0 unspecified atom stereocenters. The van der Waals surface area contributed by atoms with E-state index in [4.69, 9.17) is 9.47 Å². The second kappa shape index (κ2) is 9.23. The van der Waals surface area contributed by atoms with Crippen LogP contribution in [0.15, 0.2) is 72.8 Å². The third-order valence-electron chi connectivity index (χ3n) is 3.62. The Labute approximate surface area is 147 Å². The fraction of sp³-hybridized carbons (Fsp3) is 0.143. The van der Waals surface area contributed by atoms with Crippen molar-refractivity contribution in [2.45, 2.75) is 6.42 Å². The van der Waals surface area contributed by atoms with Gasteiger partial charge in [-0.3, -0.25) is 4.79 Å². The number of benzene rings is 2. The first-order valence-corrected chi connectivity index (χ1v) is 7.83. The van der Waals surface area contributed by atoms with Gasteiger partial charge < -0.3 is 9.47 Å². The maximum atomic E-state index is 11.9. The molecule has 0 aromatic heterocycles. The Hall–Kier alpha value is -3.14. The lowest BCUT2D eigenvalue weighted by Gasteiger charge is -2.13. The van der Waals surface area contributed by atoms with Gasteiger partial charge in [-0.15, -0.1) is 0 Å². The van der Waals surface area contributed by atoms with Crippen molar-refractivity contribution in [3.63, 3.8) is 0 Å². The molecule has 0 radical (unpaired) electrons. The van der Waals surface area contributed by atoms with Crippen molar-refractivity contribution in [3.05, 3.63) is 83.9 Å². The summed E-state index contributed by atoms with van der Waals surface area (Å²) < 4.78 is 9.53. The summed E-state index contributed by atoms with van der Waals surface area (Å²) in [5, 5.41) is 0. The van der Waals surface area contributed by atoms with Gasteiger partial charge in [-0.05, 0) is 22.3 Å². The van der Waals surface area contributed by atoms with Crippen molar-refractivity contribution in [3.8, 4) is 0 Å². The molecule has 0 saturated carbocycles. The van der Waals surface area contributed by atoms with E-state index in [9.17, 15) is 9.59 Å². The number of carbonyl (C=O) groups excluding carboxylic acids is 2. The van der Waals surface area contributed by atoms with E-state index < -0.39 is 5.97 Å². The number of hydrogen-bond donors (Lipinski definition) is 0. The first-order chi connectivity index (χ1) is 12.2. The highest BCUT2D eigenvalue weighted by Gasteiger charge is 2.13. The van der Waals surface area contributed by atoms with Gasteiger partial charge >= 0.3 is 11.9 Å². The summed E-state index contributed by atoms with van der Waals surface area (Å²) in [4.78, 5) is 23.5. The summed E-state index contributed by atoms with van der Waals surface area (Å²) >= 11 is 0. The van der Waals surface area contributed by atoms with Crippen LogP contribution in [-0.2, 0) is 19.1 Å². The third-order valence-corrected chi connectivity index (χ3v) is 3.62. The fourth-order valence-electron chi connectivity index (χ4n) is 2.38. The third kappa shape index (κ3) is 5.18. The molecule has 2 aromatic rings. The van der Waals surface area contributed by atoms with E-state index in [0.717, 1.165) is 16.7 Å². The zero-order valence-corrected chi connectivity index (χ0v) is 14.3. The van der Waals surface area contributed by atoms with Gasteiger partial charge in [0.2, 0.25) is 0 Å². The molecule has 0 aliphatic heterocycles. The Morgan fingerprint density at radius 1 is 0.800 bits per heavy atom. The minimum atomic E-state index is -0.459. The summed E-state index contributed by atoms with van der Waals surface area (Å²) in [6.07, 6.45) is 3.31. The number of ether oxygens (including phenoxy) is 2. The number of rotatable bonds is 6. The molecule has 0 N–H and O–H groups in total. The fourth-order valence-corrected chi connectivity index (χ4v) is 2.38. The molecule has 0 aliphatic carbocycles. The minimum Gasteiger partial charge on any atom is -0.469 e. The summed E-state index contributed by atoms with van der Waals surface area (Å²) in [5.74, 6) is -0.808. The SMILES string of the molecule is COC(=O)/C=C(\C(=C/CC(=O)OC)c1ccccc1)c1ccccc1. The molecule has 2 rings (SSSR count).